The van der Waals surface area contributed by atoms with Crippen LogP contribution < -0.4 is 15.0 Å². The zero-order valence-corrected chi connectivity index (χ0v) is 13.7. The molecule has 8 nitrogen and oxygen atoms in total. The molecule has 0 radical (unpaired) electrons. The lowest BCUT2D eigenvalue weighted by Gasteiger charge is -2.20. The van der Waals surface area contributed by atoms with Crippen molar-refractivity contribution in [2.75, 3.05) is 19.5 Å². The Morgan fingerprint density at radius 2 is 2.21 bits per heavy atom. The molecule has 8 heteroatoms. The van der Waals surface area contributed by atoms with Crippen LogP contribution in [0.4, 0.5) is 11.4 Å². The summed E-state index contributed by atoms with van der Waals surface area (Å²) in [7, 11) is 3.31. The first-order chi connectivity index (χ1) is 11.4. The Hall–Kier alpha value is -2.87. The number of likely N-dealkylation sites (N-methyl/N-ethyl adjacent to an activating group) is 1. The van der Waals surface area contributed by atoms with Crippen LogP contribution in [0.2, 0.25) is 0 Å². The molecule has 24 heavy (non-hydrogen) atoms. The number of methoxy groups -OCH3 is 1. The average molecular weight is 334 g/mol. The molecule has 0 aliphatic carbocycles. The normalized spacial score (nSPS) is 13.1. The van der Waals surface area contributed by atoms with Gasteiger partial charge in [0.15, 0.2) is 11.8 Å². The highest BCUT2D eigenvalue weighted by Crippen LogP contribution is 2.28. The van der Waals surface area contributed by atoms with E-state index in [0.29, 0.717) is 12.3 Å². The maximum Gasteiger partial charge on any atom is 0.282 e. The van der Waals surface area contributed by atoms with E-state index in [1.54, 1.807) is 19.3 Å². The van der Waals surface area contributed by atoms with Crippen LogP contribution in [0.5, 0.6) is 5.75 Å². The number of amides is 1. The summed E-state index contributed by atoms with van der Waals surface area (Å²) in [6, 6.07) is 7.31. The molecule has 0 aliphatic rings. The van der Waals surface area contributed by atoms with Crippen molar-refractivity contribution in [3.05, 3.63) is 52.5 Å². The van der Waals surface area contributed by atoms with Crippen LogP contribution in [-0.2, 0) is 11.3 Å². The van der Waals surface area contributed by atoms with Crippen molar-refractivity contribution in [1.29, 1.82) is 0 Å². The summed E-state index contributed by atoms with van der Waals surface area (Å²) in [6.45, 7) is 2.32. The van der Waals surface area contributed by atoms with Gasteiger partial charge < -0.3 is 19.4 Å². The lowest BCUT2D eigenvalue weighted by Crippen LogP contribution is -3.12. The van der Waals surface area contributed by atoms with Crippen LogP contribution >= 0.6 is 0 Å². The first-order valence-electron chi connectivity index (χ1n) is 7.40. The molecule has 2 atom stereocenters. The largest absolute Gasteiger partial charge is 0.495 e. The van der Waals surface area contributed by atoms with E-state index in [2.05, 4.69) is 5.32 Å². The van der Waals surface area contributed by atoms with Gasteiger partial charge in [-0.25, -0.2) is 0 Å². The van der Waals surface area contributed by atoms with Gasteiger partial charge in [-0.05, 0) is 25.1 Å². The number of ether oxygens (including phenoxy) is 1. The minimum Gasteiger partial charge on any atom is -0.495 e. The zero-order chi connectivity index (χ0) is 17.7. The number of nitro benzene ring substituents is 1. The van der Waals surface area contributed by atoms with Crippen LogP contribution in [-0.4, -0.2) is 31.0 Å². The molecular weight excluding hydrogens is 314 g/mol. The second kappa shape index (κ2) is 7.60. The van der Waals surface area contributed by atoms with Gasteiger partial charge >= 0.3 is 0 Å². The van der Waals surface area contributed by atoms with E-state index >= 15 is 0 Å². The summed E-state index contributed by atoms with van der Waals surface area (Å²) in [5.74, 6) is 0.878. The van der Waals surface area contributed by atoms with Gasteiger partial charge in [-0.3, -0.25) is 14.9 Å². The number of rotatable bonds is 7. The Labute approximate surface area is 139 Å². The number of quaternary nitrogens is 1. The van der Waals surface area contributed by atoms with Gasteiger partial charge in [-0.1, -0.05) is 0 Å². The third-order valence-corrected chi connectivity index (χ3v) is 3.82. The summed E-state index contributed by atoms with van der Waals surface area (Å²) in [5, 5.41) is 13.6. The third-order valence-electron chi connectivity index (χ3n) is 3.82. The van der Waals surface area contributed by atoms with Crippen molar-refractivity contribution in [2.45, 2.75) is 19.5 Å². The van der Waals surface area contributed by atoms with Crippen molar-refractivity contribution in [2.24, 2.45) is 0 Å². The second-order valence-electron chi connectivity index (χ2n) is 5.46. The van der Waals surface area contributed by atoms with Crippen LogP contribution in [0.1, 0.15) is 12.7 Å². The van der Waals surface area contributed by atoms with E-state index < -0.39 is 4.92 Å². The van der Waals surface area contributed by atoms with Crippen LogP contribution in [0, 0.1) is 10.1 Å². The predicted octanol–water partition coefficient (Wildman–Crippen LogP) is 1.24. The number of hydrogen-bond donors (Lipinski definition) is 2. The number of nitro groups is 1. The summed E-state index contributed by atoms with van der Waals surface area (Å²) in [6.07, 6.45) is 1.58. The van der Waals surface area contributed by atoms with Crippen molar-refractivity contribution in [1.82, 2.24) is 0 Å². The Morgan fingerprint density at radius 1 is 1.46 bits per heavy atom. The fourth-order valence-electron chi connectivity index (χ4n) is 2.21. The minimum atomic E-state index is -0.521. The highest BCUT2D eigenvalue weighted by molar-refractivity contribution is 5.95. The predicted molar refractivity (Wildman–Crippen MR) is 87.0 cm³/mol. The highest BCUT2D eigenvalue weighted by Gasteiger charge is 2.24. The van der Waals surface area contributed by atoms with Gasteiger partial charge in [0.25, 0.3) is 11.6 Å². The molecule has 2 aromatic rings. The molecule has 0 saturated heterocycles. The van der Waals surface area contributed by atoms with Crippen molar-refractivity contribution in [3.8, 4) is 5.75 Å². The molecule has 0 spiro atoms. The van der Waals surface area contributed by atoms with Crippen molar-refractivity contribution < 1.29 is 23.8 Å². The molecule has 1 heterocycles. The SMILES string of the molecule is COc1ccc([N+](=O)[O-])cc1NC(=O)[C@@H](C)[NH+](C)Cc1ccco1. The number of carbonyl (C=O) groups excluding carboxylic acids is 1. The molecular formula is C16H20N3O5+. The Bertz CT molecular complexity index is 715. The van der Waals surface area contributed by atoms with E-state index in [1.165, 1.54) is 25.3 Å². The van der Waals surface area contributed by atoms with E-state index in [-0.39, 0.29) is 23.3 Å². The topological polar surface area (TPSA) is 99.0 Å². The quantitative estimate of drug-likeness (QED) is 0.586. The van der Waals surface area contributed by atoms with Crippen LogP contribution in [0.3, 0.4) is 0 Å². The highest BCUT2D eigenvalue weighted by atomic mass is 16.6. The van der Waals surface area contributed by atoms with E-state index in [9.17, 15) is 14.9 Å². The van der Waals surface area contributed by atoms with Gasteiger partial charge in [0.1, 0.15) is 12.3 Å². The number of nitrogens with one attached hydrogen (secondary N) is 2. The van der Waals surface area contributed by atoms with E-state index in [0.717, 1.165) is 10.7 Å². The van der Waals surface area contributed by atoms with Gasteiger partial charge in [0.05, 0.1) is 31.0 Å². The monoisotopic (exact) mass is 334 g/mol. The summed E-state index contributed by atoms with van der Waals surface area (Å²) >= 11 is 0. The maximum absolute atomic E-state index is 12.4. The van der Waals surface area contributed by atoms with Crippen molar-refractivity contribution in [3.63, 3.8) is 0 Å². The van der Waals surface area contributed by atoms with Gasteiger partial charge in [0.2, 0.25) is 0 Å². The first kappa shape index (κ1) is 17.5. The Kier molecular flexibility index (Phi) is 5.54. The number of hydrogen-bond acceptors (Lipinski definition) is 5. The molecule has 1 aromatic heterocycles. The molecule has 0 aliphatic heterocycles. The first-order valence-corrected chi connectivity index (χ1v) is 7.40. The fourth-order valence-corrected chi connectivity index (χ4v) is 2.21. The summed E-state index contributed by atoms with van der Waals surface area (Å²) < 4.78 is 10.4. The van der Waals surface area contributed by atoms with Gasteiger partial charge in [-0.2, -0.15) is 0 Å². The van der Waals surface area contributed by atoms with Crippen LogP contribution in [0.15, 0.2) is 41.0 Å². The fraction of sp³-hybridized carbons (Fsp3) is 0.312. The molecule has 1 amide bonds. The Morgan fingerprint density at radius 3 is 2.79 bits per heavy atom. The van der Waals surface area contributed by atoms with E-state index in [4.69, 9.17) is 9.15 Å². The Balaban J connectivity index is 2.10. The smallest absolute Gasteiger partial charge is 0.282 e. The number of furan rings is 1. The van der Waals surface area contributed by atoms with Gasteiger partial charge in [0, 0.05) is 12.1 Å². The van der Waals surface area contributed by atoms with Crippen molar-refractivity contribution >= 4 is 17.3 Å². The summed E-state index contributed by atoms with van der Waals surface area (Å²) in [5.41, 5.74) is 0.157. The third kappa shape index (κ3) is 4.11. The lowest BCUT2D eigenvalue weighted by atomic mass is 10.2. The number of benzene rings is 1. The molecule has 1 aromatic carbocycles. The number of carbonyl (C=O) groups is 1. The lowest BCUT2D eigenvalue weighted by molar-refractivity contribution is -0.908. The molecule has 2 rings (SSSR count). The minimum absolute atomic E-state index is 0.116. The average Bonchev–Trinajstić information content (AvgIpc) is 3.06. The second-order valence-corrected chi connectivity index (χ2v) is 5.46. The molecule has 0 bridgehead atoms. The molecule has 1 unspecified atom stereocenters. The number of nitrogens with zero attached hydrogens (tertiary/aromatic N) is 1. The van der Waals surface area contributed by atoms with E-state index in [1.807, 2.05) is 13.1 Å². The maximum atomic E-state index is 12.4. The van der Waals surface area contributed by atoms with Crippen LogP contribution in [0.25, 0.3) is 0 Å². The number of anilines is 1. The molecule has 0 saturated carbocycles. The number of non-ortho nitro benzene ring substituents is 1. The molecule has 128 valence electrons. The molecule has 2 N–H and O–H groups in total. The standard InChI is InChI=1S/C16H19N3O5/c1-11(18(2)10-13-5-4-8-24-13)16(20)17-14-9-12(19(21)22)6-7-15(14)23-3/h4-9,11H,10H2,1-3H3,(H,17,20)/p+1/t11-/m1/s1. The molecule has 0 fully saturated rings. The zero-order valence-electron chi connectivity index (χ0n) is 13.7. The van der Waals surface area contributed by atoms with Gasteiger partial charge in [-0.15, -0.1) is 0 Å². The summed E-state index contributed by atoms with van der Waals surface area (Å²) in [4.78, 5) is 23.7.